The molecular formula is C17H14FNO7. The first kappa shape index (κ1) is 17.5. The molecule has 2 aromatic carbocycles. The Morgan fingerprint density at radius 3 is 2.42 bits per heavy atom. The van der Waals surface area contributed by atoms with E-state index in [2.05, 4.69) is 0 Å². The summed E-state index contributed by atoms with van der Waals surface area (Å²) in [5.41, 5.74) is -0.667. The van der Waals surface area contributed by atoms with Crippen LogP contribution in [0.15, 0.2) is 36.4 Å². The van der Waals surface area contributed by atoms with Gasteiger partial charge in [0.25, 0.3) is 5.69 Å². The summed E-state index contributed by atoms with van der Waals surface area (Å²) in [5, 5.41) is 11.2. The third-order valence-corrected chi connectivity index (χ3v) is 3.48. The van der Waals surface area contributed by atoms with Crippen LogP contribution in [-0.2, 0) is 4.74 Å². The van der Waals surface area contributed by atoms with Crippen molar-refractivity contribution in [3.8, 4) is 17.2 Å². The Morgan fingerprint density at radius 1 is 1.12 bits per heavy atom. The number of nitro benzene ring substituents is 1. The van der Waals surface area contributed by atoms with Gasteiger partial charge in [-0.2, -0.15) is 0 Å². The van der Waals surface area contributed by atoms with Crippen LogP contribution in [-0.4, -0.2) is 37.3 Å². The fraction of sp³-hybridized carbons (Fsp3) is 0.235. The summed E-state index contributed by atoms with van der Waals surface area (Å²) in [6.07, 6.45) is 0. The lowest BCUT2D eigenvalue weighted by Gasteiger charge is -2.18. The average molecular weight is 363 g/mol. The van der Waals surface area contributed by atoms with Gasteiger partial charge in [-0.05, 0) is 24.3 Å². The van der Waals surface area contributed by atoms with E-state index in [1.165, 1.54) is 30.3 Å². The van der Waals surface area contributed by atoms with Crippen LogP contribution in [0.1, 0.15) is 10.4 Å². The van der Waals surface area contributed by atoms with E-state index < -0.39 is 22.4 Å². The molecule has 0 atom stereocenters. The van der Waals surface area contributed by atoms with Crippen LogP contribution < -0.4 is 14.2 Å². The predicted molar refractivity (Wildman–Crippen MR) is 86.3 cm³/mol. The van der Waals surface area contributed by atoms with E-state index in [0.29, 0.717) is 5.75 Å². The average Bonchev–Trinajstić information content (AvgIpc) is 2.65. The molecule has 1 aliphatic heterocycles. The van der Waals surface area contributed by atoms with Crippen LogP contribution in [0.4, 0.5) is 10.1 Å². The van der Waals surface area contributed by atoms with Gasteiger partial charge in [-0.15, -0.1) is 0 Å². The van der Waals surface area contributed by atoms with Crippen LogP contribution in [0.2, 0.25) is 0 Å². The van der Waals surface area contributed by atoms with Crippen molar-refractivity contribution in [2.45, 2.75) is 0 Å². The molecule has 0 radical (unpaired) electrons. The first-order valence-corrected chi connectivity index (χ1v) is 7.68. The van der Waals surface area contributed by atoms with Crippen molar-refractivity contribution < 1.29 is 33.1 Å². The van der Waals surface area contributed by atoms with Gasteiger partial charge in [0, 0.05) is 6.07 Å². The quantitative estimate of drug-likeness (QED) is 0.337. The number of hydrogen-bond donors (Lipinski definition) is 0. The molecule has 0 saturated carbocycles. The molecule has 1 aliphatic rings. The number of carbonyl (C=O) groups excluding carboxylic acids is 1. The minimum absolute atomic E-state index is 0.00964. The van der Waals surface area contributed by atoms with Crippen LogP contribution in [0, 0.1) is 15.9 Å². The Bertz CT molecular complexity index is 823. The Balaban J connectivity index is 1.63. The summed E-state index contributed by atoms with van der Waals surface area (Å²) >= 11 is 0. The normalized spacial score (nSPS) is 12.3. The number of rotatable bonds is 6. The largest absolute Gasteiger partial charge is 0.490 e. The topological polar surface area (TPSA) is 97.1 Å². The maximum absolute atomic E-state index is 12.8. The number of nitro groups is 1. The lowest BCUT2D eigenvalue weighted by molar-refractivity contribution is -0.385. The van der Waals surface area contributed by atoms with Gasteiger partial charge >= 0.3 is 5.97 Å². The lowest BCUT2D eigenvalue weighted by Crippen LogP contribution is -2.18. The molecule has 0 fully saturated rings. The van der Waals surface area contributed by atoms with E-state index in [1.54, 1.807) is 0 Å². The second-order valence-corrected chi connectivity index (χ2v) is 5.21. The SMILES string of the molecule is O=C(OCCOc1ccc(F)cc1)c1cc2c(cc1[N+](=O)[O-])OCCO2. The first-order chi connectivity index (χ1) is 12.5. The van der Waals surface area contributed by atoms with Crippen LogP contribution in [0.25, 0.3) is 0 Å². The number of ether oxygens (including phenoxy) is 4. The standard InChI is InChI=1S/C17H14FNO7/c18-11-1-3-12(4-2-11)23-5-8-26-17(20)13-9-15-16(25-7-6-24-15)10-14(13)19(21)22/h1-4,9-10H,5-8H2. The van der Waals surface area contributed by atoms with Crippen molar-refractivity contribution in [3.63, 3.8) is 0 Å². The fourth-order valence-corrected chi connectivity index (χ4v) is 2.30. The molecule has 0 unspecified atom stereocenters. The molecule has 0 aliphatic carbocycles. The summed E-state index contributed by atoms with van der Waals surface area (Å²) in [6, 6.07) is 7.71. The summed E-state index contributed by atoms with van der Waals surface area (Å²) in [4.78, 5) is 22.7. The van der Waals surface area contributed by atoms with Gasteiger partial charge in [0.05, 0.1) is 11.0 Å². The first-order valence-electron chi connectivity index (χ1n) is 7.68. The van der Waals surface area contributed by atoms with Crippen molar-refractivity contribution in [2.24, 2.45) is 0 Å². The van der Waals surface area contributed by atoms with Gasteiger partial charge < -0.3 is 18.9 Å². The Kier molecular flexibility index (Phi) is 5.16. The van der Waals surface area contributed by atoms with E-state index in [4.69, 9.17) is 18.9 Å². The molecule has 0 aromatic heterocycles. The predicted octanol–water partition coefficient (Wildman–Crippen LogP) is 2.74. The summed E-state index contributed by atoms with van der Waals surface area (Å²) in [5.74, 6) is -0.408. The second kappa shape index (κ2) is 7.68. The lowest BCUT2D eigenvalue weighted by atomic mass is 10.1. The fourth-order valence-electron chi connectivity index (χ4n) is 2.30. The molecule has 2 aromatic rings. The molecule has 8 nitrogen and oxygen atoms in total. The van der Waals surface area contributed by atoms with Crippen molar-refractivity contribution in [1.82, 2.24) is 0 Å². The van der Waals surface area contributed by atoms with E-state index in [9.17, 15) is 19.3 Å². The third kappa shape index (κ3) is 4.00. The summed E-state index contributed by atoms with van der Waals surface area (Å²) in [6.45, 7) is 0.428. The highest BCUT2D eigenvalue weighted by Crippen LogP contribution is 2.36. The van der Waals surface area contributed by atoms with E-state index in [-0.39, 0.29) is 43.5 Å². The van der Waals surface area contributed by atoms with Gasteiger partial charge in [0.15, 0.2) is 11.5 Å². The minimum atomic E-state index is -0.878. The minimum Gasteiger partial charge on any atom is -0.490 e. The van der Waals surface area contributed by atoms with Gasteiger partial charge in [0.2, 0.25) is 0 Å². The molecule has 1 heterocycles. The zero-order valence-electron chi connectivity index (χ0n) is 13.5. The van der Waals surface area contributed by atoms with Crippen LogP contribution in [0.5, 0.6) is 17.2 Å². The number of hydrogen-bond acceptors (Lipinski definition) is 7. The van der Waals surface area contributed by atoms with Crippen molar-refractivity contribution in [3.05, 3.63) is 57.9 Å². The van der Waals surface area contributed by atoms with Gasteiger partial charge in [-0.3, -0.25) is 10.1 Å². The molecule has 9 heteroatoms. The Labute approximate surface area is 147 Å². The number of esters is 1. The molecule has 0 bridgehead atoms. The van der Waals surface area contributed by atoms with E-state index in [1.807, 2.05) is 0 Å². The Morgan fingerprint density at radius 2 is 1.77 bits per heavy atom. The van der Waals surface area contributed by atoms with E-state index in [0.717, 1.165) is 6.07 Å². The smallest absolute Gasteiger partial charge is 0.345 e. The maximum Gasteiger partial charge on any atom is 0.345 e. The van der Waals surface area contributed by atoms with Crippen LogP contribution >= 0.6 is 0 Å². The monoisotopic (exact) mass is 363 g/mol. The van der Waals surface area contributed by atoms with Gasteiger partial charge in [0.1, 0.15) is 43.6 Å². The van der Waals surface area contributed by atoms with Crippen molar-refractivity contribution in [1.29, 1.82) is 0 Å². The Hall–Kier alpha value is -3.36. The molecule has 0 saturated heterocycles. The molecule has 3 rings (SSSR count). The molecule has 136 valence electrons. The molecule has 26 heavy (non-hydrogen) atoms. The molecular weight excluding hydrogens is 349 g/mol. The number of benzene rings is 2. The highest BCUT2D eigenvalue weighted by atomic mass is 19.1. The maximum atomic E-state index is 12.8. The molecule has 0 N–H and O–H groups in total. The van der Waals surface area contributed by atoms with Gasteiger partial charge in [-0.25, -0.2) is 9.18 Å². The highest BCUT2D eigenvalue weighted by molar-refractivity contribution is 5.95. The summed E-state index contributed by atoms with van der Waals surface area (Å²) < 4.78 is 33.7. The molecule has 0 spiro atoms. The highest BCUT2D eigenvalue weighted by Gasteiger charge is 2.27. The zero-order chi connectivity index (χ0) is 18.5. The summed E-state index contributed by atoms with van der Waals surface area (Å²) in [7, 11) is 0. The van der Waals surface area contributed by atoms with Crippen molar-refractivity contribution >= 4 is 11.7 Å². The number of fused-ring (bicyclic) bond motifs is 1. The van der Waals surface area contributed by atoms with Crippen LogP contribution in [0.3, 0.4) is 0 Å². The van der Waals surface area contributed by atoms with E-state index >= 15 is 0 Å². The van der Waals surface area contributed by atoms with Crippen molar-refractivity contribution in [2.75, 3.05) is 26.4 Å². The number of halogens is 1. The van der Waals surface area contributed by atoms with Gasteiger partial charge in [-0.1, -0.05) is 0 Å². The number of nitrogens with zero attached hydrogens (tertiary/aromatic N) is 1. The zero-order valence-corrected chi connectivity index (χ0v) is 13.5. The number of carbonyl (C=O) groups is 1. The second-order valence-electron chi connectivity index (χ2n) is 5.21. The molecule has 0 amide bonds. The third-order valence-electron chi connectivity index (χ3n) is 3.48.